The second-order valence-electron chi connectivity index (χ2n) is 4.82. The third-order valence-electron chi connectivity index (χ3n) is 3.84. The molecule has 2 N–H and O–H groups in total. The van der Waals surface area contributed by atoms with E-state index in [1.54, 1.807) is 0 Å². The number of rotatable bonds is 0. The van der Waals surface area contributed by atoms with Crippen molar-refractivity contribution in [2.24, 2.45) is 5.92 Å². The molecule has 1 aromatic rings. The smallest absolute Gasteiger partial charge is 0.115 e. The normalized spacial score (nSPS) is 29.3. The second-order valence-corrected chi connectivity index (χ2v) is 4.82. The van der Waals surface area contributed by atoms with E-state index in [0.717, 1.165) is 18.9 Å². The standard InChI is InChI=1S/C13H17NO/c15-12-4-3-9-6-10-2-1-5-14-13(10)8-11(9)7-12/h3-4,7,10,13-15H,1-2,5-6,8H2/t10-,13+/m1/s1. The molecule has 0 radical (unpaired) electrons. The van der Waals surface area contributed by atoms with Gasteiger partial charge in [0, 0.05) is 6.04 Å². The minimum atomic E-state index is 0.406. The van der Waals surface area contributed by atoms with Crippen LogP contribution in [-0.2, 0) is 12.8 Å². The van der Waals surface area contributed by atoms with Crippen molar-refractivity contribution in [2.45, 2.75) is 31.7 Å². The van der Waals surface area contributed by atoms with Crippen molar-refractivity contribution in [3.05, 3.63) is 29.3 Å². The minimum absolute atomic E-state index is 0.406. The molecule has 15 heavy (non-hydrogen) atoms. The lowest BCUT2D eigenvalue weighted by molar-refractivity contribution is 0.263. The number of hydrogen-bond acceptors (Lipinski definition) is 2. The Bertz CT molecular complexity index is 375. The average molecular weight is 203 g/mol. The Hall–Kier alpha value is -1.02. The summed E-state index contributed by atoms with van der Waals surface area (Å²) in [6.45, 7) is 1.16. The third-order valence-corrected chi connectivity index (χ3v) is 3.84. The molecule has 2 aliphatic rings. The summed E-state index contributed by atoms with van der Waals surface area (Å²) < 4.78 is 0. The van der Waals surface area contributed by atoms with Gasteiger partial charge in [-0.2, -0.15) is 0 Å². The first-order chi connectivity index (χ1) is 7.33. The van der Waals surface area contributed by atoms with Gasteiger partial charge in [-0.1, -0.05) is 6.07 Å². The molecule has 2 nitrogen and oxygen atoms in total. The summed E-state index contributed by atoms with van der Waals surface area (Å²) in [4.78, 5) is 0. The molecule has 2 atom stereocenters. The van der Waals surface area contributed by atoms with Gasteiger partial charge in [0.05, 0.1) is 0 Å². The van der Waals surface area contributed by atoms with Crippen LogP contribution >= 0.6 is 0 Å². The van der Waals surface area contributed by atoms with Gasteiger partial charge in [-0.25, -0.2) is 0 Å². The number of hydrogen-bond donors (Lipinski definition) is 2. The molecule has 1 aromatic carbocycles. The Labute approximate surface area is 90.3 Å². The highest BCUT2D eigenvalue weighted by Crippen LogP contribution is 2.32. The van der Waals surface area contributed by atoms with E-state index in [9.17, 15) is 5.11 Å². The van der Waals surface area contributed by atoms with Gasteiger partial charge in [-0.3, -0.25) is 0 Å². The van der Waals surface area contributed by atoms with Crippen LogP contribution in [0.4, 0.5) is 0 Å². The van der Waals surface area contributed by atoms with Crippen molar-refractivity contribution in [1.29, 1.82) is 0 Å². The average Bonchev–Trinajstić information content (AvgIpc) is 2.26. The summed E-state index contributed by atoms with van der Waals surface area (Å²) in [6.07, 6.45) is 4.95. The van der Waals surface area contributed by atoms with Crippen LogP contribution in [0.5, 0.6) is 5.75 Å². The van der Waals surface area contributed by atoms with Crippen molar-refractivity contribution in [2.75, 3.05) is 6.54 Å². The van der Waals surface area contributed by atoms with E-state index >= 15 is 0 Å². The molecule has 1 aliphatic heterocycles. The number of aromatic hydroxyl groups is 1. The van der Waals surface area contributed by atoms with Crippen molar-refractivity contribution < 1.29 is 5.11 Å². The molecule has 0 unspecified atom stereocenters. The lowest BCUT2D eigenvalue weighted by Crippen LogP contribution is -2.45. The highest BCUT2D eigenvalue weighted by atomic mass is 16.3. The van der Waals surface area contributed by atoms with Crippen LogP contribution in [-0.4, -0.2) is 17.7 Å². The van der Waals surface area contributed by atoms with E-state index in [0.29, 0.717) is 11.8 Å². The lowest BCUT2D eigenvalue weighted by atomic mass is 9.76. The van der Waals surface area contributed by atoms with Gasteiger partial charge >= 0.3 is 0 Å². The Morgan fingerprint density at radius 1 is 1.20 bits per heavy atom. The fraction of sp³-hybridized carbons (Fsp3) is 0.538. The maximum absolute atomic E-state index is 9.46. The molecule has 1 saturated heterocycles. The van der Waals surface area contributed by atoms with Gasteiger partial charge in [0.2, 0.25) is 0 Å². The summed E-state index contributed by atoms with van der Waals surface area (Å²) in [5.41, 5.74) is 2.78. The van der Waals surface area contributed by atoms with Crippen molar-refractivity contribution in [3.63, 3.8) is 0 Å². The van der Waals surface area contributed by atoms with Gasteiger partial charge in [-0.05, 0) is 61.4 Å². The van der Waals surface area contributed by atoms with Crippen LogP contribution in [0.3, 0.4) is 0 Å². The highest BCUT2D eigenvalue weighted by molar-refractivity contribution is 5.37. The topological polar surface area (TPSA) is 32.3 Å². The fourth-order valence-electron chi connectivity index (χ4n) is 3.02. The highest BCUT2D eigenvalue weighted by Gasteiger charge is 2.30. The number of benzene rings is 1. The zero-order valence-corrected chi connectivity index (χ0v) is 8.87. The molecule has 1 fully saturated rings. The molecule has 0 spiro atoms. The zero-order chi connectivity index (χ0) is 10.3. The maximum Gasteiger partial charge on any atom is 0.115 e. The summed E-state index contributed by atoms with van der Waals surface area (Å²) >= 11 is 0. The first kappa shape index (κ1) is 9.22. The Morgan fingerprint density at radius 3 is 3.07 bits per heavy atom. The maximum atomic E-state index is 9.46. The number of nitrogens with one attached hydrogen (secondary N) is 1. The molecule has 0 amide bonds. The van der Waals surface area contributed by atoms with Crippen molar-refractivity contribution in [3.8, 4) is 5.75 Å². The van der Waals surface area contributed by atoms with E-state index in [4.69, 9.17) is 0 Å². The minimum Gasteiger partial charge on any atom is -0.508 e. The molecule has 0 saturated carbocycles. The lowest BCUT2D eigenvalue weighted by Gasteiger charge is -2.37. The van der Waals surface area contributed by atoms with Crippen molar-refractivity contribution >= 4 is 0 Å². The van der Waals surface area contributed by atoms with E-state index in [2.05, 4.69) is 11.4 Å². The Morgan fingerprint density at radius 2 is 2.13 bits per heavy atom. The number of piperidine rings is 1. The third kappa shape index (κ3) is 1.63. The van der Waals surface area contributed by atoms with Crippen LogP contribution < -0.4 is 5.32 Å². The van der Waals surface area contributed by atoms with E-state index in [1.165, 1.54) is 30.4 Å². The molecule has 2 heteroatoms. The van der Waals surface area contributed by atoms with Crippen molar-refractivity contribution in [1.82, 2.24) is 5.32 Å². The van der Waals surface area contributed by atoms with E-state index in [1.807, 2.05) is 12.1 Å². The molecule has 1 aliphatic carbocycles. The first-order valence-corrected chi connectivity index (χ1v) is 5.87. The summed E-state index contributed by atoms with van der Waals surface area (Å²) in [5, 5.41) is 13.1. The predicted octanol–water partition coefficient (Wildman–Crippen LogP) is 1.86. The van der Waals surface area contributed by atoms with E-state index in [-0.39, 0.29) is 0 Å². The molecule has 3 rings (SSSR count). The van der Waals surface area contributed by atoms with Gasteiger partial charge < -0.3 is 10.4 Å². The largest absolute Gasteiger partial charge is 0.508 e. The van der Waals surface area contributed by atoms with Gasteiger partial charge in [0.15, 0.2) is 0 Å². The summed E-state index contributed by atoms with van der Waals surface area (Å²) in [7, 11) is 0. The van der Waals surface area contributed by atoms with Crippen LogP contribution in [0.2, 0.25) is 0 Å². The molecule has 0 aromatic heterocycles. The predicted molar refractivity (Wildman–Crippen MR) is 60.0 cm³/mol. The summed E-state index contributed by atoms with van der Waals surface area (Å²) in [5.74, 6) is 1.22. The second kappa shape index (κ2) is 3.53. The van der Waals surface area contributed by atoms with Gasteiger partial charge in [-0.15, -0.1) is 0 Å². The molecular weight excluding hydrogens is 186 g/mol. The Kier molecular flexibility index (Phi) is 2.17. The molecule has 80 valence electrons. The first-order valence-electron chi connectivity index (χ1n) is 5.87. The van der Waals surface area contributed by atoms with Crippen LogP contribution in [0.15, 0.2) is 18.2 Å². The quantitative estimate of drug-likeness (QED) is 0.674. The number of fused-ring (bicyclic) bond motifs is 2. The van der Waals surface area contributed by atoms with E-state index < -0.39 is 0 Å². The van der Waals surface area contributed by atoms with Crippen LogP contribution in [0.1, 0.15) is 24.0 Å². The molecule has 0 bridgehead atoms. The number of phenols is 1. The Balaban J connectivity index is 1.92. The van der Waals surface area contributed by atoms with Crippen LogP contribution in [0.25, 0.3) is 0 Å². The number of phenolic OH excluding ortho intramolecular Hbond substituents is 1. The van der Waals surface area contributed by atoms with Gasteiger partial charge in [0.1, 0.15) is 5.75 Å². The van der Waals surface area contributed by atoms with Gasteiger partial charge in [0.25, 0.3) is 0 Å². The fourth-order valence-corrected chi connectivity index (χ4v) is 3.02. The molecular formula is C13H17NO. The van der Waals surface area contributed by atoms with Crippen LogP contribution in [0, 0.1) is 5.92 Å². The zero-order valence-electron chi connectivity index (χ0n) is 8.87. The summed E-state index contributed by atoms with van der Waals surface area (Å²) in [6, 6.07) is 6.49. The molecule has 1 heterocycles. The monoisotopic (exact) mass is 203 g/mol. The SMILES string of the molecule is Oc1ccc2c(c1)C[C@@H]1NCCC[C@@H]1C2.